The fourth-order valence-electron chi connectivity index (χ4n) is 1.83. The third kappa shape index (κ3) is 3.75. The highest BCUT2D eigenvalue weighted by Gasteiger charge is 2.16. The zero-order chi connectivity index (χ0) is 11.4. The van der Waals surface area contributed by atoms with Crippen LogP contribution >= 0.6 is 12.4 Å². The van der Waals surface area contributed by atoms with E-state index in [-0.39, 0.29) is 24.3 Å². The Labute approximate surface area is 107 Å². The number of halogens is 2. The number of hydrogen-bond acceptors (Lipinski definition) is 3. The van der Waals surface area contributed by atoms with Crippen molar-refractivity contribution in [2.24, 2.45) is 0 Å². The van der Waals surface area contributed by atoms with E-state index in [1.54, 1.807) is 6.07 Å². The minimum Gasteiger partial charge on any atom is -0.493 e. The van der Waals surface area contributed by atoms with E-state index in [1.165, 1.54) is 19.2 Å². The van der Waals surface area contributed by atoms with Gasteiger partial charge in [0.15, 0.2) is 11.5 Å². The first-order valence-corrected chi connectivity index (χ1v) is 5.50. The first-order valence-electron chi connectivity index (χ1n) is 5.50. The lowest BCUT2D eigenvalue weighted by Gasteiger charge is -2.24. The van der Waals surface area contributed by atoms with Gasteiger partial charge in [-0.05, 0) is 38.1 Å². The van der Waals surface area contributed by atoms with Crippen molar-refractivity contribution in [3.8, 4) is 11.5 Å². The summed E-state index contributed by atoms with van der Waals surface area (Å²) in [7, 11) is 1.52. The highest BCUT2D eigenvalue weighted by atomic mass is 35.5. The van der Waals surface area contributed by atoms with Crippen molar-refractivity contribution in [2.45, 2.75) is 18.9 Å². The summed E-state index contributed by atoms with van der Waals surface area (Å²) in [6, 6.07) is 4.35. The maximum absolute atomic E-state index is 13.0. The lowest BCUT2D eigenvalue weighted by atomic mass is 10.1. The van der Waals surface area contributed by atoms with Crippen LogP contribution in [0, 0.1) is 5.82 Å². The molecule has 0 amide bonds. The van der Waals surface area contributed by atoms with E-state index in [4.69, 9.17) is 9.47 Å². The van der Waals surface area contributed by atoms with Gasteiger partial charge in [-0.2, -0.15) is 0 Å². The zero-order valence-electron chi connectivity index (χ0n) is 9.74. The molecule has 3 nitrogen and oxygen atoms in total. The van der Waals surface area contributed by atoms with Gasteiger partial charge in [0.2, 0.25) is 0 Å². The van der Waals surface area contributed by atoms with Gasteiger partial charge in [-0.1, -0.05) is 0 Å². The van der Waals surface area contributed by atoms with Gasteiger partial charge >= 0.3 is 0 Å². The first kappa shape index (κ1) is 14.1. The minimum absolute atomic E-state index is 0. The van der Waals surface area contributed by atoms with Gasteiger partial charge in [-0.25, -0.2) is 4.39 Å². The Morgan fingerprint density at radius 3 is 2.59 bits per heavy atom. The molecule has 0 unspecified atom stereocenters. The molecule has 0 radical (unpaired) electrons. The van der Waals surface area contributed by atoms with E-state index in [1.807, 2.05) is 0 Å². The Morgan fingerprint density at radius 1 is 1.24 bits per heavy atom. The van der Waals surface area contributed by atoms with Gasteiger partial charge in [-0.15, -0.1) is 12.4 Å². The molecule has 0 aliphatic carbocycles. The van der Waals surface area contributed by atoms with Gasteiger partial charge in [0.05, 0.1) is 7.11 Å². The van der Waals surface area contributed by atoms with Crippen LogP contribution in [-0.2, 0) is 0 Å². The molecule has 1 aromatic carbocycles. The molecule has 5 heteroatoms. The zero-order valence-corrected chi connectivity index (χ0v) is 10.6. The summed E-state index contributed by atoms with van der Waals surface area (Å²) in [4.78, 5) is 0. The Balaban J connectivity index is 0.00000144. The van der Waals surface area contributed by atoms with Crippen molar-refractivity contribution >= 4 is 12.4 Å². The molecule has 0 aromatic heterocycles. The first-order chi connectivity index (χ1) is 7.79. The second-order valence-corrected chi connectivity index (χ2v) is 3.86. The van der Waals surface area contributed by atoms with Crippen molar-refractivity contribution in [2.75, 3.05) is 20.2 Å². The number of methoxy groups -OCH3 is 1. The number of benzene rings is 1. The quantitative estimate of drug-likeness (QED) is 0.906. The van der Waals surface area contributed by atoms with Crippen LogP contribution in [0.5, 0.6) is 11.5 Å². The molecular formula is C12H17ClFNO2. The van der Waals surface area contributed by atoms with E-state index in [2.05, 4.69) is 5.32 Å². The summed E-state index contributed by atoms with van der Waals surface area (Å²) in [5.41, 5.74) is 0. The number of hydrogen-bond donors (Lipinski definition) is 1. The molecule has 0 saturated carbocycles. The Hall–Kier alpha value is -1.00. The largest absolute Gasteiger partial charge is 0.493 e. The number of piperidine rings is 1. The minimum atomic E-state index is -0.311. The topological polar surface area (TPSA) is 30.5 Å². The molecule has 0 spiro atoms. The molecule has 1 saturated heterocycles. The molecule has 0 atom stereocenters. The van der Waals surface area contributed by atoms with Crippen LogP contribution in [0.4, 0.5) is 4.39 Å². The molecule has 1 aromatic rings. The van der Waals surface area contributed by atoms with Crippen molar-refractivity contribution in [1.82, 2.24) is 5.32 Å². The second-order valence-electron chi connectivity index (χ2n) is 3.86. The number of ether oxygens (including phenoxy) is 2. The van der Waals surface area contributed by atoms with Crippen molar-refractivity contribution in [1.29, 1.82) is 0 Å². The average molecular weight is 262 g/mol. The SMILES string of the molecule is COc1cc(F)ccc1OC1CCNCC1.Cl. The van der Waals surface area contributed by atoms with Gasteiger partial charge in [0, 0.05) is 6.07 Å². The average Bonchev–Trinajstić information content (AvgIpc) is 2.33. The molecule has 2 rings (SSSR count). The summed E-state index contributed by atoms with van der Waals surface area (Å²) in [5, 5.41) is 3.27. The molecule has 1 heterocycles. The van der Waals surface area contributed by atoms with E-state index < -0.39 is 0 Å². The standard InChI is InChI=1S/C12H16FNO2.ClH/c1-15-12-8-9(13)2-3-11(12)16-10-4-6-14-7-5-10;/h2-3,8,10,14H,4-7H2,1H3;1H. The van der Waals surface area contributed by atoms with Crippen LogP contribution in [0.2, 0.25) is 0 Å². The maximum Gasteiger partial charge on any atom is 0.163 e. The highest BCUT2D eigenvalue weighted by molar-refractivity contribution is 5.85. The van der Waals surface area contributed by atoms with E-state index >= 15 is 0 Å². The highest BCUT2D eigenvalue weighted by Crippen LogP contribution is 2.29. The van der Waals surface area contributed by atoms with Gasteiger partial charge in [-0.3, -0.25) is 0 Å². The fourth-order valence-corrected chi connectivity index (χ4v) is 1.83. The summed E-state index contributed by atoms with van der Waals surface area (Å²) in [6.45, 7) is 1.93. The Morgan fingerprint density at radius 2 is 1.94 bits per heavy atom. The van der Waals surface area contributed by atoms with Crippen LogP contribution in [-0.4, -0.2) is 26.3 Å². The second kappa shape index (κ2) is 6.67. The number of rotatable bonds is 3. The maximum atomic E-state index is 13.0. The van der Waals surface area contributed by atoms with Crippen molar-refractivity contribution in [3.63, 3.8) is 0 Å². The summed E-state index contributed by atoms with van der Waals surface area (Å²) < 4.78 is 23.9. The molecule has 1 N–H and O–H groups in total. The third-order valence-corrected chi connectivity index (χ3v) is 2.71. The predicted octanol–water partition coefficient (Wildman–Crippen LogP) is 2.39. The van der Waals surface area contributed by atoms with Crippen LogP contribution < -0.4 is 14.8 Å². The van der Waals surface area contributed by atoms with E-state index in [9.17, 15) is 4.39 Å². The van der Waals surface area contributed by atoms with Gasteiger partial charge < -0.3 is 14.8 Å². The van der Waals surface area contributed by atoms with Crippen LogP contribution in [0.3, 0.4) is 0 Å². The van der Waals surface area contributed by atoms with E-state index in [0.717, 1.165) is 25.9 Å². The smallest absolute Gasteiger partial charge is 0.163 e. The Bertz CT molecular complexity index is 356. The molecule has 96 valence electrons. The Kier molecular flexibility index (Phi) is 5.51. The molecule has 1 aliphatic rings. The molecule has 1 aliphatic heterocycles. The third-order valence-electron chi connectivity index (χ3n) is 2.71. The summed E-state index contributed by atoms with van der Waals surface area (Å²) in [6.07, 6.45) is 2.14. The number of nitrogens with one attached hydrogen (secondary N) is 1. The van der Waals surface area contributed by atoms with Crippen LogP contribution in [0.15, 0.2) is 18.2 Å². The molecule has 17 heavy (non-hydrogen) atoms. The predicted molar refractivity (Wildman–Crippen MR) is 66.7 cm³/mol. The molecule has 1 fully saturated rings. The summed E-state index contributed by atoms with van der Waals surface area (Å²) >= 11 is 0. The lowest BCUT2D eigenvalue weighted by molar-refractivity contribution is 0.156. The van der Waals surface area contributed by atoms with Crippen LogP contribution in [0.25, 0.3) is 0 Å². The van der Waals surface area contributed by atoms with Crippen LogP contribution in [0.1, 0.15) is 12.8 Å². The van der Waals surface area contributed by atoms with Gasteiger partial charge in [0.25, 0.3) is 0 Å². The summed E-state index contributed by atoms with van der Waals surface area (Å²) in [5.74, 6) is 0.767. The van der Waals surface area contributed by atoms with Gasteiger partial charge in [0.1, 0.15) is 11.9 Å². The molecular weight excluding hydrogens is 245 g/mol. The van der Waals surface area contributed by atoms with E-state index in [0.29, 0.717) is 11.5 Å². The normalized spacial score (nSPS) is 16.1. The van der Waals surface area contributed by atoms with Crippen molar-refractivity contribution < 1.29 is 13.9 Å². The fraction of sp³-hybridized carbons (Fsp3) is 0.500. The lowest BCUT2D eigenvalue weighted by Crippen LogP contribution is -2.34. The monoisotopic (exact) mass is 261 g/mol. The molecule has 0 bridgehead atoms. The van der Waals surface area contributed by atoms with Crippen molar-refractivity contribution in [3.05, 3.63) is 24.0 Å².